The van der Waals surface area contributed by atoms with Crippen molar-refractivity contribution in [3.63, 3.8) is 0 Å². The molecular weight excluding hydrogens is 496 g/mol. The number of rotatable bonds is 7. The zero-order chi connectivity index (χ0) is 26.2. The molecule has 1 amide bonds. The van der Waals surface area contributed by atoms with Crippen LogP contribution >= 0.6 is 11.6 Å². The molecule has 0 aliphatic carbocycles. The first-order valence-corrected chi connectivity index (χ1v) is 12.9. The molecule has 0 fully saturated rings. The quantitative estimate of drug-likeness (QED) is 0.244. The molecule has 1 N–H and O–H groups in total. The third-order valence-corrected chi connectivity index (χ3v) is 7.56. The number of nitrogens with zero attached hydrogens (tertiary/aromatic N) is 1. The van der Waals surface area contributed by atoms with Gasteiger partial charge in [0, 0.05) is 39.2 Å². The number of hydrogen-bond acceptors (Lipinski definition) is 3. The van der Waals surface area contributed by atoms with Crippen LogP contribution in [0.2, 0.25) is 5.02 Å². The van der Waals surface area contributed by atoms with E-state index >= 15 is 0 Å². The van der Waals surface area contributed by atoms with Crippen molar-refractivity contribution in [3.8, 4) is 22.8 Å². The van der Waals surface area contributed by atoms with Crippen LogP contribution in [0.5, 0.6) is 11.5 Å². The normalized spacial score (nSPS) is 14.7. The van der Waals surface area contributed by atoms with Crippen molar-refractivity contribution in [2.75, 3.05) is 20.8 Å². The summed E-state index contributed by atoms with van der Waals surface area (Å²) in [6.07, 6.45) is 0.716. The fourth-order valence-corrected chi connectivity index (χ4v) is 5.61. The number of hydrogen-bond donors (Lipinski definition) is 1. The van der Waals surface area contributed by atoms with Crippen LogP contribution in [0, 0.1) is 0 Å². The van der Waals surface area contributed by atoms with E-state index in [2.05, 4.69) is 23.2 Å². The molecule has 0 bridgehead atoms. The fourth-order valence-electron chi connectivity index (χ4n) is 5.48. The lowest BCUT2D eigenvalue weighted by Crippen LogP contribution is -2.31. The second kappa shape index (κ2) is 9.92. The van der Waals surface area contributed by atoms with Gasteiger partial charge in [-0.1, -0.05) is 60.1 Å². The van der Waals surface area contributed by atoms with Gasteiger partial charge < -0.3 is 19.4 Å². The van der Waals surface area contributed by atoms with Gasteiger partial charge in [-0.15, -0.1) is 0 Å². The number of carbonyl (C=O) groups excluding carboxylic acids is 1. The first-order chi connectivity index (χ1) is 18.6. The highest BCUT2D eigenvalue weighted by atomic mass is 35.5. The Morgan fingerprint density at radius 1 is 0.868 bits per heavy atom. The largest absolute Gasteiger partial charge is 0.497 e. The number of benzene rings is 4. The van der Waals surface area contributed by atoms with Crippen molar-refractivity contribution in [2.45, 2.75) is 12.5 Å². The van der Waals surface area contributed by atoms with E-state index in [0.29, 0.717) is 18.0 Å². The molecule has 1 aliphatic rings. The maximum atomic E-state index is 13.8. The summed E-state index contributed by atoms with van der Waals surface area (Å²) in [6, 6.07) is 29.5. The Bertz CT molecular complexity index is 1640. The summed E-state index contributed by atoms with van der Waals surface area (Å²) in [5.74, 6) is 1.49. The molecule has 0 saturated heterocycles. The zero-order valence-corrected chi connectivity index (χ0v) is 22.0. The summed E-state index contributed by atoms with van der Waals surface area (Å²) in [6.45, 7) is 0.563. The summed E-state index contributed by atoms with van der Waals surface area (Å²) in [7, 11) is 3.32. The molecule has 4 aromatic carbocycles. The Balaban J connectivity index is 1.54. The Hall–Kier alpha value is -4.22. The second-order valence-corrected chi connectivity index (χ2v) is 9.83. The Morgan fingerprint density at radius 3 is 2.42 bits per heavy atom. The van der Waals surface area contributed by atoms with Crippen LogP contribution in [0.3, 0.4) is 0 Å². The smallest absolute Gasteiger partial charge is 0.255 e. The van der Waals surface area contributed by atoms with Gasteiger partial charge in [-0.2, -0.15) is 0 Å². The van der Waals surface area contributed by atoms with E-state index in [1.807, 2.05) is 77.7 Å². The van der Waals surface area contributed by atoms with Gasteiger partial charge in [-0.05, 0) is 60.0 Å². The van der Waals surface area contributed by atoms with Gasteiger partial charge in [-0.25, -0.2) is 0 Å². The van der Waals surface area contributed by atoms with Gasteiger partial charge in [0.25, 0.3) is 5.91 Å². The van der Waals surface area contributed by atoms with Crippen LogP contribution in [-0.4, -0.2) is 36.6 Å². The number of carbonyl (C=O) groups is 1. The molecule has 6 heteroatoms. The molecule has 0 spiro atoms. The third kappa shape index (κ3) is 4.09. The number of ether oxygens (including phenoxy) is 2. The first kappa shape index (κ1) is 24.1. The van der Waals surface area contributed by atoms with Crippen LogP contribution in [-0.2, 0) is 6.42 Å². The average Bonchev–Trinajstić information content (AvgIpc) is 3.47. The summed E-state index contributed by atoms with van der Waals surface area (Å²) in [5.41, 5.74) is 6.70. The average molecular weight is 523 g/mol. The molecule has 0 saturated carbocycles. The van der Waals surface area contributed by atoms with Gasteiger partial charge in [-0.3, -0.25) is 4.79 Å². The Kier molecular flexibility index (Phi) is 6.30. The summed E-state index contributed by atoms with van der Waals surface area (Å²) < 4.78 is 11.3. The highest BCUT2D eigenvalue weighted by Gasteiger charge is 2.40. The summed E-state index contributed by atoms with van der Waals surface area (Å²) >= 11 is 6.10. The highest BCUT2D eigenvalue weighted by molar-refractivity contribution is 6.30. The first-order valence-electron chi connectivity index (χ1n) is 12.6. The monoisotopic (exact) mass is 522 g/mol. The molecule has 2 heterocycles. The predicted molar refractivity (Wildman–Crippen MR) is 151 cm³/mol. The number of methoxy groups -OCH3 is 2. The number of nitrogens with one attached hydrogen (secondary N) is 1. The molecule has 1 atom stereocenters. The lowest BCUT2D eigenvalue weighted by molar-refractivity contribution is 0.0753. The van der Waals surface area contributed by atoms with Crippen LogP contribution in [0.4, 0.5) is 0 Å². The number of halogens is 1. The van der Waals surface area contributed by atoms with Gasteiger partial charge in [0.2, 0.25) is 0 Å². The van der Waals surface area contributed by atoms with E-state index < -0.39 is 0 Å². The second-order valence-electron chi connectivity index (χ2n) is 9.39. The molecular formula is C32H27ClN2O3. The SMILES string of the molecule is COc1ccc(OC)c(-c2[nH]c3ccccc3c2[C@@H]2c3ccccc3C(=O)N2CCc2ccc(Cl)cc2)c1. The number of H-pyrrole nitrogens is 1. The molecule has 5 nitrogen and oxygen atoms in total. The lowest BCUT2D eigenvalue weighted by Gasteiger charge is -2.27. The van der Waals surface area contributed by atoms with Crippen LogP contribution in [0.15, 0.2) is 91.0 Å². The topological polar surface area (TPSA) is 54.6 Å². The predicted octanol–water partition coefficient (Wildman–Crippen LogP) is 7.29. The highest BCUT2D eigenvalue weighted by Crippen LogP contribution is 2.47. The maximum Gasteiger partial charge on any atom is 0.255 e. The van der Waals surface area contributed by atoms with Crippen LogP contribution < -0.4 is 9.47 Å². The molecule has 6 rings (SSSR count). The summed E-state index contributed by atoms with van der Waals surface area (Å²) in [4.78, 5) is 19.5. The van der Waals surface area contributed by atoms with Crippen molar-refractivity contribution in [1.29, 1.82) is 0 Å². The van der Waals surface area contributed by atoms with Gasteiger partial charge in [0.15, 0.2) is 0 Å². The van der Waals surface area contributed by atoms with Crippen LogP contribution in [0.25, 0.3) is 22.2 Å². The molecule has 0 unspecified atom stereocenters. The van der Waals surface area contributed by atoms with Crippen molar-refractivity contribution >= 4 is 28.4 Å². The molecule has 1 aromatic heterocycles. The number of fused-ring (bicyclic) bond motifs is 2. The zero-order valence-electron chi connectivity index (χ0n) is 21.2. The molecule has 38 heavy (non-hydrogen) atoms. The van der Waals surface area contributed by atoms with Crippen molar-refractivity contribution in [2.24, 2.45) is 0 Å². The third-order valence-electron chi connectivity index (χ3n) is 7.31. The molecule has 190 valence electrons. The molecule has 0 radical (unpaired) electrons. The Morgan fingerprint density at radius 2 is 1.63 bits per heavy atom. The number of amides is 1. The van der Waals surface area contributed by atoms with E-state index in [-0.39, 0.29) is 11.9 Å². The summed E-state index contributed by atoms with van der Waals surface area (Å²) in [5, 5.41) is 1.77. The number of para-hydroxylation sites is 1. The van der Waals surface area contributed by atoms with Crippen molar-refractivity contribution < 1.29 is 14.3 Å². The lowest BCUT2D eigenvalue weighted by atomic mass is 9.92. The van der Waals surface area contributed by atoms with E-state index in [0.717, 1.165) is 55.9 Å². The van der Waals surface area contributed by atoms with E-state index in [1.165, 1.54) is 0 Å². The number of aromatic amines is 1. The van der Waals surface area contributed by atoms with E-state index in [1.54, 1.807) is 14.2 Å². The van der Waals surface area contributed by atoms with Crippen molar-refractivity contribution in [3.05, 3.63) is 118 Å². The van der Waals surface area contributed by atoms with Gasteiger partial charge in [0.05, 0.1) is 26.0 Å². The van der Waals surface area contributed by atoms with Gasteiger partial charge in [0.1, 0.15) is 11.5 Å². The molecule has 1 aliphatic heterocycles. The minimum absolute atomic E-state index is 0.0356. The number of aromatic nitrogens is 1. The standard InChI is InChI=1S/C32H27ClN2O3/c1-37-22-15-16-28(38-2)26(19-22)30-29(25-9-5-6-10-27(25)34-30)31-23-7-3-4-8-24(23)32(36)35(31)18-17-20-11-13-21(33)14-12-20/h3-16,19,31,34H,17-18H2,1-2H3/t31-/m0/s1. The maximum absolute atomic E-state index is 13.8. The van der Waals surface area contributed by atoms with E-state index in [4.69, 9.17) is 21.1 Å². The molecule has 5 aromatic rings. The van der Waals surface area contributed by atoms with Crippen molar-refractivity contribution in [1.82, 2.24) is 9.88 Å². The Labute approximate surface area is 226 Å². The van der Waals surface area contributed by atoms with E-state index in [9.17, 15) is 4.79 Å². The van der Waals surface area contributed by atoms with Crippen LogP contribution in [0.1, 0.15) is 33.1 Å². The van der Waals surface area contributed by atoms with Gasteiger partial charge >= 0.3 is 0 Å². The minimum atomic E-state index is -0.270. The fraction of sp³-hybridized carbons (Fsp3) is 0.156. The minimum Gasteiger partial charge on any atom is -0.497 e.